The van der Waals surface area contributed by atoms with Crippen LogP contribution in [0.2, 0.25) is 0 Å². The second-order valence-corrected chi connectivity index (χ2v) is 6.12. The predicted molar refractivity (Wildman–Crippen MR) is 78.2 cm³/mol. The summed E-state index contributed by atoms with van der Waals surface area (Å²) >= 11 is 0. The number of aromatic amines is 1. The second-order valence-electron chi connectivity index (χ2n) is 6.12. The molecule has 0 aromatic carbocycles. The van der Waals surface area contributed by atoms with Gasteiger partial charge in [-0.15, -0.1) is 0 Å². The van der Waals surface area contributed by atoms with Gasteiger partial charge in [0.15, 0.2) is 0 Å². The Bertz CT molecular complexity index is 511. The van der Waals surface area contributed by atoms with Gasteiger partial charge >= 0.3 is 5.97 Å². The maximum Gasteiger partial charge on any atom is 0.303 e. The van der Waals surface area contributed by atoms with Crippen LogP contribution in [0, 0.1) is 19.3 Å². The normalized spacial score (nSPS) is 17.4. The van der Waals surface area contributed by atoms with E-state index in [2.05, 4.69) is 15.5 Å². The van der Waals surface area contributed by atoms with Gasteiger partial charge in [-0.1, -0.05) is 19.3 Å². The summed E-state index contributed by atoms with van der Waals surface area (Å²) in [6.45, 7) is 4.01. The molecule has 1 heterocycles. The summed E-state index contributed by atoms with van der Waals surface area (Å²) in [7, 11) is 0. The number of carboxylic acids is 1. The van der Waals surface area contributed by atoms with Crippen molar-refractivity contribution in [1.29, 1.82) is 0 Å². The van der Waals surface area contributed by atoms with Gasteiger partial charge in [0.05, 0.1) is 17.7 Å². The SMILES string of the molecule is Cc1n[nH]c(C)c1C(=O)NCC1(CC(=O)O)CCCCC1. The van der Waals surface area contributed by atoms with E-state index in [4.69, 9.17) is 5.11 Å². The zero-order chi connectivity index (χ0) is 15.5. The molecule has 21 heavy (non-hydrogen) atoms. The minimum absolute atomic E-state index is 0.122. The molecule has 1 saturated carbocycles. The van der Waals surface area contributed by atoms with Crippen molar-refractivity contribution >= 4 is 11.9 Å². The highest BCUT2D eigenvalue weighted by Gasteiger charge is 2.35. The molecular weight excluding hydrogens is 270 g/mol. The Morgan fingerprint density at radius 2 is 1.95 bits per heavy atom. The van der Waals surface area contributed by atoms with Crippen molar-refractivity contribution in [2.45, 2.75) is 52.4 Å². The van der Waals surface area contributed by atoms with Crippen LogP contribution < -0.4 is 5.32 Å². The molecule has 0 bridgehead atoms. The number of nitrogens with one attached hydrogen (secondary N) is 2. The topological polar surface area (TPSA) is 95.1 Å². The number of aliphatic carboxylic acids is 1. The number of carbonyl (C=O) groups excluding carboxylic acids is 1. The predicted octanol–water partition coefficient (Wildman–Crippen LogP) is 2.18. The van der Waals surface area contributed by atoms with Gasteiger partial charge in [0.1, 0.15) is 0 Å². The molecule has 0 unspecified atom stereocenters. The van der Waals surface area contributed by atoms with Crippen molar-refractivity contribution in [3.63, 3.8) is 0 Å². The fourth-order valence-electron chi connectivity index (χ4n) is 3.28. The Morgan fingerprint density at radius 3 is 2.48 bits per heavy atom. The Balaban J connectivity index is 2.04. The fourth-order valence-corrected chi connectivity index (χ4v) is 3.28. The van der Waals surface area contributed by atoms with Crippen LogP contribution in [-0.2, 0) is 4.79 Å². The summed E-state index contributed by atoms with van der Waals surface area (Å²) < 4.78 is 0. The molecule has 1 aliphatic rings. The number of nitrogens with zero attached hydrogens (tertiary/aromatic N) is 1. The number of carboxylic acid groups (broad SMARTS) is 1. The summed E-state index contributed by atoms with van der Waals surface area (Å²) in [5.74, 6) is -0.962. The van der Waals surface area contributed by atoms with Gasteiger partial charge in [0.2, 0.25) is 0 Å². The van der Waals surface area contributed by atoms with Crippen LogP contribution in [0.1, 0.15) is 60.3 Å². The molecule has 0 spiro atoms. The molecule has 0 radical (unpaired) electrons. The van der Waals surface area contributed by atoms with E-state index < -0.39 is 5.97 Å². The number of H-pyrrole nitrogens is 1. The molecule has 3 N–H and O–H groups in total. The number of amides is 1. The first-order valence-electron chi connectivity index (χ1n) is 7.45. The quantitative estimate of drug-likeness (QED) is 0.775. The zero-order valence-electron chi connectivity index (χ0n) is 12.7. The molecule has 1 amide bonds. The summed E-state index contributed by atoms with van der Waals surface area (Å²) in [4.78, 5) is 23.4. The van der Waals surface area contributed by atoms with E-state index in [0.717, 1.165) is 37.8 Å². The monoisotopic (exact) mass is 293 g/mol. The maximum absolute atomic E-state index is 12.3. The van der Waals surface area contributed by atoms with Crippen LogP contribution in [0.5, 0.6) is 0 Å². The lowest BCUT2D eigenvalue weighted by molar-refractivity contribution is -0.140. The lowest BCUT2D eigenvalue weighted by atomic mass is 9.71. The van der Waals surface area contributed by atoms with Gasteiger partial charge in [-0.25, -0.2) is 0 Å². The van der Waals surface area contributed by atoms with Crippen LogP contribution in [0.25, 0.3) is 0 Å². The summed E-state index contributed by atoms with van der Waals surface area (Å²) in [5.41, 5.74) is 1.67. The molecule has 6 nitrogen and oxygen atoms in total. The minimum Gasteiger partial charge on any atom is -0.481 e. The lowest BCUT2D eigenvalue weighted by Gasteiger charge is -2.36. The number of hydrogen-bond donors (Lipinski definition) is 3. The largest absolute Gasteiger partial charge is 0.481 e. The molecule has 1 aromatic rings. The van der Waals surface area contributed by atoms with Crippen LogP contribution in [0.4, 0.5) is 0 Å². The van der Waals surface area contributed by atoms with Crippen molar-refractivity contribution in [2.24, 2.45) is 5.41 Å². The highest BCUT2D eigenvalue weighted by Crippen LogP contribution is 2.38. The van der Waals surface area contributed by atoms with Gasteiger partial charge in [-0.05, 0) is 32.1 Å². The molecule has 1 fully saturated rings. The molecule has 6 heteroatoms. The average Bonchev–Trinajstić information content (AvgIpc) is 2.76. The molecule has 0 aliphatic heterocycles. The molecule has 0 atom stereocenters. The van der Waals surface area contributed by atoms with Crippen LogP contribution >= 0.6 is 0 Å². The third kappa shape index (κ3) is 3.62. The number of carbonyl (C=O) groups is 2. The van der Waals surface area contributed by atoms with Gasteiger partial charge in [-0.2, -0.15) is 5.10 Å². The number of hydrogen-bond acceptors (Lipinski definition) is 3. The lowest BCUT2D eigenvalue weighted by Crippen LogP contribution is -2.40. The average molecular weight is 293 g/mol. The molecule has 0 saturated heterocycles. The number of aromatic nitrogens is 2. The van der Waals surface area contributed by atoms with Crippen molar-refractivity contribution in [1.82, 2.24) is 15.5 Å². The summed E-state index contributed by atoms with van der Waals surface area (Å²) in [5, 5.41) is 18.9. The minimum atomic E-state index is -0.790. The molecule has 1 aliphatic carbocycles. The van der Waals surface area contributed by atoms with E-state index in [0.29, 0.717) is 17.8 Å². The van der Waals surface area contributed by atoms with Crippen molar-refractivity contribution in [3.05, 3.63) is 17.0 Å². The van der Waals surface area contributed by atoms with E-state index in [9.17, 15) is 9.59 Å². The van der Waals surface area contributed by atoms with Gasteiger partial charge in [-0.3, -0.25) is 14.7 Å². The smallest absolute Gasteiger partial charge is 0.303 e. The first kappa shape index (κ1) is 15.5. The van der Waals surface area contributed by atoms with Crippen molar-refractivity contribution in [3.8, 4) is 0 Å². The van der Waals surface area contributed by atoms with Gasteiger partial charge < -0.3 is 10.4 Å². The van der Waals surface area contributed by atoms with Crippen LogP contribution in [0.3, 0.4) is 0 Å². The van der Waals surface area contributed by atoms with Crippen LogP contribution in [0.15, 0.2) is 0 Å². The van der Waals surface area contributed by atoms with E-state index in [1.54, 1.807) is 6.92 Å². The van der Waals surface area contributed by atoms with Gasteiger partial charge in [0, 0.05) is 12.2 Å². The maximum atomic E-state index is 12.3. The first-order chi connectivity index (χ1) is 9.93. The summed E-state index contributed by atoms with van der Waals surface area (Å²) in [6, 6.07) is 0. The van der Waals surface area contributed by atoms with Gasteiger partial charge in [0.25, 0.3) is 5.91 Å². The summed E-state index contributed by atoms with van der Waals surface area (Å²) in [6.07, 6.45) is 5.07. The second kappa shape index (κ2) is 6.28. The highest BCUT2D eigenvalue weighted by molar-refractivity contribution is 5.96. The zero-order valence-corrected chi connectivity index (χ0v) is 12.7. The third-order valence-electron chi connectivity index (χ3n) is 4.42. The fraction of sp³-hybridized carbons (Fsp3) is 0.667. The Kier molecular flexibility index (Phi) is 4.65. The first-order valence-corrected chi connectivity index (χ1v) is 7.45. The Hall–Kier alpha value is -1.85. The van der Waals surface area contributed by atoms with E-state index in [1.165, 1.54) is 0 Å². The molecule has 116 valence electrons. The van der Waals surface area contributed by atoms with Crippen molar-refractivity contribution in [2.75, 3.05) is 6.54 Å². The van der Waals surface area contributed by atoms with E-state index >= 15 is 0 Å². The highest BCUT2D eigenvalue weighted by atomic mass is 16.4. The van der Waals surface area contributed by atoms with E-state index in [-0.39, 0.29) is 17.7 Å². The standard InChI is InChI=1S/C15H23N3O3/c1-10-13(11(2)18-17-10)14(21)16-9-15(8-12(19)20)6-4-3-5-7-15/h3-9H2,1-2H3,(H,16,21)(H,17,18)(H,19,20). The number of aryl methyl sites for hydroxylation is 2. The number of rotatable bonds is 5. The Labute approximate surface area is 124 Å². The van der Waals surface area contributed by atoms with Crippen molar-refractivity contribution < 1.29 is 14.7 Å². The molecule has 1 aromatic heterocycles. The molecular formula is C15H23N3O3. The third-order valence-corrected chi connectivity index (χ3v) is 4.42. The van der Waals surface area contributed by atoms with E-state index in [1.807, 2.05) is 6.92 Å². The Morgan fingerprint density at radius 1 is 1.29 bits per heavy atom. The van der Waals surface area contributed by atoms with Crippen LogP contribution in [-0.4, -0.2) is 33.7 Å². The molecule has 2 rings (SSSR count).